The zero-order chi connectivity index (χ0) is 31.6. The number of sulfonamides is 1. The van der Waals surface area contributed by atoms with Crippen molar-refractivity contribution in [3.8, 4) is 0 Å². The lowest BCUT2D eigenvalue weighted by molar-refractivity contribution is -0.388. The predicted molar refractivity (Wildman–Crippen MR) is 160 cm³/mol. The van der Waals surface area contributed by atoms with Crippen molar-refractivity contribution in [2.24, 2.45) is 0 Å². The summed E-state index contributed by atoms with van der Waals surface area (Å²) < 4.78 is 40.9. The van der Waals surface area contributed by atoms with Crippen LogP contribution in [0.5, 0.6) is 0 Å². The Labute approximate surface area is 245 Å². The van der Waals surface area contributed by atoms with E-state index in [2.05, 4.69) is 40.4 Å². The van der Waals surface area contributed by atoms with Gasteiger partial charge in [0.25, 0.3) is 15.7 Å². The SMILES string of the molecule is C=CCON([C@H]1CN(C(=O)OC(C)(C)C)[C@H](CO[Si](C)(C)C(C)(C)C)C(C)=C1C)S(=O)(=O)c1ccccc1[N+](=O)[O-]. The third-order valence-corrected chi connectivity index (χ3v) is 13.8. The molecular weight excluding hydrogens is 566 g/mol. The minimum atomic E-state index is -4.58. The topological polar surface area (TPSA) is 129 Å². The van der Waals surface area contributed by atoms with E-state index in [0.717, 1.165) is 22.2 Å². The maximum atomic E-state index is 14.0. The van der Waals surface area contributed by atoms with Crippen LogP contribution in [-0.2, 0) is 24.0 Å². The van der Waals surface area contributed by atoms with Crippen molar-refractivity contribution in [1.29, 1.82) is 0 Å². The fourth-order valence-corrected chi connectivity index (χ4v) is 6.67. The van der Waals surface area contributed by atoms with Crippen molar-refractivity contribution in [3.63, 3.8) is 0 Å². The number of carbonyl (C=O) groups excluding carboxylic acids is 1. The summed E-state index contributed by atoms with van der Waals surface area (Å²) in [5.41, 5.74) is -0.0359. The van der Waals surface area contributed by atoms with Crippen molar-refractivity contribution in [3.05, 3.63) is 58.2 Å². The zero-order valence-corrected chi connectivity index (χ0v) is 27.7. The molecule has 0 unspecified atom stereocenters. The van der Waals surface area contributed by atoms with Gasteiger partial charge in [-0.15, -0.1) is 6.58 Å². The van der Waals surface area contributed by atoms with Gasteiger partial charge in [-0.05, 0) is 70.0 Å². The van der Waals surface area contributed by atoms with Crippen LogP contribution in [0.15, 0.2) is 53.0 Å². The maximum absolute atomic E-state index is 14.0. The summed E-state index contributed by atoms with van der Waals surface area (Å²) in [7, 11) is -6.78. The van der Waals surface area contributed by atoms with Crippen molar-refractivity contribution >= 4 is 30.1 Å². The van der Waals surface area contributed by atoms with Gasteiger partial charge in [-0.1, -0.05) is 43.4 Å². The molecule has 0 N–H and O–H groups in total. The van der Waals surface area contributed by atoms with Crippen LogP contribution in [0.25, 0.3) is 0 Å². The Bertz CT molecular complexity index is 1280. The molecule has 0 aromatic heterocycles. The van der Waals surface area contributed by atoms with Gasteiger partial charge < -0.3 is 9.16 Å². The minimum absolute atomic E-state index is 0.0680. The lowest BCUT2D eigenvalue weighted by Gasteiger charge is -2.45. The number of para-hydroxylation sites is 1. The van der Waals surface area contributed by atoms with Crippen LogP contribution in [0.4, 0.5) is 10.5 Å². The molecule has 1 aromatic carbocycles. The summed E-state index contributed by atoms with van der Waals surface area (Å²) in [4.78, 5) is 31.2. The Morgan fingerprint density at radius 2 is 1.76 bits per heavy atom. The van der Waals surface area contributed by atoms with Crippen LogP contribution in [-0.4, -0.2) is 74.6 Å². The number of hydroxylamine groups is 1. The normalized spacial score (nSPS) is 19.0. The van der Waals surface area contributed by atoms with E-state index in [1.54, 1.807) is 27.7 Å². The number of nitro groups is 1. The molecule has 0 saturated heterocycles. The Balaban J connectivity index is 2.68. The minimum Gasteiger partial charge on any atom is -0.444 e. The average Bonchev–Trinajstić information content (AvgIpc) is 2.83. The highest BCUT2D eigenvalue weighted by molar-refractivity contribution is 7.89. The van der Waals surface area contributed by atoms with E-state index in [4.69, 9.17) is 14.0 Å². The molecule has 0 radical (unpaired) electrons. The Hall–Kier alpha value is -2.58. The molecule has 2 atom stereocenters. The molecule has 41 heavy (non-hydrogen) atoms. The van der Waals surface area contributed by atoms with Crippen molar-refractivity contribution in [2.45, 2.75) is 96.1 Å². The van der Waals surface area contributed by atoms with E-state index >= 15 is 0 Å². The summed E-state index contributed by atoms with van der Waals surface area (Å²) in [6, 6.07) is 3.55. The summed E-state index contributed by atoms with van der Waals surface area (Å²) in [6.07, 6.45) is 0.739. The molecule has 1 heterocycles. The van der Waals surface area contributed by atoms with Gasteiger partial charge in [-0.25, -0.2) is 13.2 Å². The van der Waals surface area contributed by atoms with Gasteiger partial charge >= 0.3 is 6.09 Å². The number of nitro benzene ring substituents is 1. The van der Waals surface area contributed by atoms with Crippen LogP contribution in [0.3, 0.4) is 0 Å². The van der Waals surface area contributed by atoms with Gasteiger partial charge in [0.05, 0.1) is 30.2 Å². The highest BCUT2D eigenvalue weighted by atomic mass is 32.2. The van der Waals surface area contributed by atoms with E-state index in [9.17, 15) is 23.3 Å². The number of ether oxygens (including phenoxy) is 1. The first kappa shape index (κ1) is 34.6. The molecule has 230 valence electrons. The van der Waals surface area contributed by atoms with Crippen LogP contribution < -0.4 is 0 Å². The number of hydrogen-bond acceptors (Lipinski definition) is 8. The molecule has 0 bridgehead atoms. The van der Waals surface area contributed by atoms with Gasteiger partial charge in [0.1, 0.15) is 5.60 Å². The molecule has 0 fully saturated rings. The van der Waals surface area contributed by atoms with E-state index in [0.29, 0.717) is 5.57 Å². The third-order valence-electron chi connectivity index (χ3n) is 7.55. The molecule has 11 nitrogen and oxygen atoms in total. The highest BCUT2D eigenvalue weighted by Gasteiger charge is 2.46. The fourth-order valence-electron chi connectivity index (χ4n) is 4.05. The lowest BCUT2D eigenvalue weighted by atomic mass is 9.92. The van der Waals surface area contributed by atoms with E-state index in [1.165, 1.54) is 23.1 Å². The second-order valence-electron chi connectivity index (χ2n) is 12.7. The first-order valence-electron chi connectivity index (χ1n) is 13.5. The van der Waals surface area contributed by atoms with Gasteiger partial charge in [0, 0.05) is 12.6 Å². The number of carbonyl (C=O) groups is 1. The van der Waals surface area contributed by atoms with Gasteiger partial charge in [-0.2, -0.15) is 0 Å². The van der Waals surface area contributed by atoms with Crippen LogP contribution in [0, 0.1) is 10.1 Å². The first-order chi connectivity index (χ1) is 18.7. The Morgan fingerprint density at radius 3 is 2.27 bits per heavy atom. The number of benzene rings is 1. The zero-order valence-electron chi connectivity index (χ0n) is 25.9. The van der Waals surface area contributed by atoms with E-state index in [1.807, 2.05) is 6.92 Å². The highest BCUT2D eigenvalue weighted by Crippen LogP contribution is 2.38. The molecule has 0 saturated carbocycles. The molecule has 1 aliphatic heterocycles. The van der Waals surface area contributed by atoms with Crippen LogP contribution >= 0.6 is 0 Å². The first-order valence-corrected chi connectivity index (χ1v) is 17.8. The molecule has 1 amide bonds. The number of amides is 1. The molecule has 0 aliphatic carbocycles. The van der Waals surface area contributed by atoms with Crippen LogP contribution in [0.2, 0.25) is 18.1 Å². The molecule has 1 aliphatic rings. The summed E-state index contributed by atoms with van der Waals surface area (Å²) >= 11 is 0. The summed E-state index contributed by atoms with van der Waals surface area (Å²) in [5.74, 6) is 0. The summed E-state index contributed by atoms with van der Waals surface area (Å²) in [6.45, 7) is 22.9. The standard InChI is InChI=1S/C28H45N3O8SSi/c1-12-17-37-31(40(35,36)25-16-14-13-15-22(25)30(33)34)23-18-29(26(32)39-27(4,5)6)24(21(3)20(23)2)19-38-41(10,11)28(7,8)9/h12-16,23-24H,1,17-19H2,2-11H3/t23-,24+/m0/s1. The van der Waals surface area contributed by atoms with Crippen molar-refractivity contribution in [2.75, 3.05) is 19.8 Å². The van der Waals surface area contributed by atoms with Crippen molar-refractivity contribution in [1.82, 2.24) is 9.37 Å². The van der Waals surface area contributed by atoms with Crippen LogP contribution in [0.1, 0.15) is 55.4 Å². The smallest absolute Gasteiger partial charge is 0.410 e. The van der Waals surface area contributed by atoms with Gasteiger partial charge in [0.2, 0.25) is 0 Å². The number of hydrogen-bond donors (Lipinski definition) is 0. The molecular formula is C28H45N3O8SSi. The number of rotatable bonds is 10. The monoisotopic (exact) mass is 611 g/mol. The lowest BCUT2D eigenvalue weighted by Crippen LogP contribution is -2.58. The quantitative estimate of drug-likeness (QED) is 0.135. The second kappa shape index (κ2) is 12.7. The largest absolute Gasteiger partial charge is 0.444 e. The fraction of sp³-hybridized carbons (Fsp3) is 0.607. The number of nitrogens with zero attached hydrogens (tertiary/aromatic N) is 3. The Kier molecular flexibility index (Phi) is 10.8. The Morgan fingerprint density at radius 1 is 1.17 bits per heavy atom. The maximum Gasteiger partial charge on any atom is 0.410 e. The molecule has 1 aromatic rings. The molecule has 0 spiro atoms. The second-order valence-corrected chi connectivity index (χ2v) is 19.2. The summed E-state index contributed by atoms with van der Waals surface area (Å²) in [5, 5.41) is 11.6. The molecule has 13 heteroatoms. The third kappa shape index (κ3) is 8.04. The van der Waals surface area contributed by atoms with Gasteiger partial charge in [0.15, 0.2) is 13.2 Å². The molecule has 2 rings (SSSR count). The van der Waals surface area contributed by atoms with E-state index in [-0.39, 0.29) is 24.8 Å². The average molecular weight is 612 g/mol. The van der Waals surface area contributed by atoms with Gasteiger partial charge in [-0.3, -0.25) is 19.9 Å². The predicted octanol–water partition coefficient (Wildman–Crippen LogP) is 6.05. The van der Waals surface area contributed by atoms with Crippen molar-refractivity contribution < 1.29 is 32.1 Å². The van der Waals surface area contributed by atoms with E-state index < -0.39 is 57.6 Å².